The first kappa shape index (κ1) is 24.9. The second-order valence-corrected chi connectivity index (χ2v) is 11.1. The molecule has 184 valence electrons. The molecular weight excluding hydrogens is 462 g/mol. The van der Waals surface area contributed by atoms with Crippen molar-refractivity contribution < 1.29 is 17.9 Å². The van der Waals surface area contributed by atoms with Crippen LogP contribution in [-0.4, -0.2) is 51.2 Å². The topological polar surface area (TPSA) is 102 Å². The van der Waals surface area contributed by atoms with E-state index in [1.54, 1.807) is 12.1 Å². The van der Waals surface area contributed by atoms with Crippen molar-refractivity contribution in [1.29, 1.82) is 0 Å². The number of amides is 1. The van der Waals surface area contributed by atoms with E-state index in [0.29, 0.717) is 18.0 Å². The van der Waals surface area contributed by atoms with Gasteiger partial charge in [-0.3, -0.25) is 9.69 Å². The normalized spacial score (nSPS) is 16.3. The monoisotopic (exact) mass is 493 g/mol. The Labute approximate surface area is 206 Å². The first-order chi connectivity index (χ1) is 16.7. The zero-order valence-corrected chi connectivity index (χ0v) is 20.8. The summed E-state index contributed by atoms with van der Waals surface area (Å²) in [6.45, 7) is 4.30. The molecule has 4 rings (SSSR count). The van der Waals surface area contributed by atoms with Crippen LogP contribution in [0.15, 0.2) is 71.6 Å². The summed E-state index contributed by atoms with van der Waals surface area (Å²) in [5.41, 5.74) is 10.9. The van der Waals surface area contributed by atoms with Gasteiger partial charge in [0.05, 0.1) is 4.90 Å². The van der Waals surface area contributed by atoms with Crippen molar-refractivity contribution in [3.63, 3.8) is 0 Å². The van der Waals surface area contributed by atoms with E-state index in [0.717, 1.165) is 42.5 Å². The summed E-state index contributed by atoms with van der Waals surface area (Å²) in [5.74, 6) is 0.273. The Balaban J connectivity index is 1.50. The predicted molar refractivity (Wildman–Crippen MR) is 138 cm³/mol. The second-order valence-electron chi connectivity index (χ2n) is 9.11. The number of benzene rings is 3. The van der Waals surface area contributed by atoms with Crippen LogP contribution < -0.4 is 15.8 Å². The highest BCUT2D eigenvalue weighted by molar-refractivity contribution is 7.90. The zero-order valence-electron chi connectivity index (χ0n) is 20.0. The fourth-order valence-corrected chi connectivity index (χ4v) is 4.91. The molecule has 0 aromatic heterocycles. The Morgan fingerprint density at radius 2 is 1.86 bits per heavy atom. The van der Waals surface area contributed by atoms with Crippen molar-refractivity contribution in [2.75, 3.05) is 31.3 Å². The minimum Gasteiger partial charge on any atom is -0.483 e. The van der Waals surface area contributed by atoms with Gasteiger partial charge in [-0.25, -0.2) is 8.42 Å². The van der Waals surface area contributed by atoms with Crippen molar-refractivity contribution in [1.82, 2.24) is 4.90 Å². The second kappa shape index (κ2) is 10.6. The third-order valence-corrected chi connectivity index (χ3v) is 7.13. The molecule has 3 aromatic carbocycles. The molecule has 0 saturated carbocycles. The SMILES string of the molecule is Cc1cccc(-c2ccc(OCC(=O)Nc3cccc(S(C)(=O)=O)c3)c(CN3CC[C@H](N)C3)c2)c1. The summed E-state index contributed by atoms with van der Waals surface area (Å²) in [5, 5.41) is 2.71. The van der Waals surface area contributed by atoms with Gasteiger partial charge >= 0.3 is 0 Å². The smallest absolute Gasteiger partial charge is 0.262 e. The number of rotatable bonds is 8. The maximum atomic E-state index is 12.6. The number of nitrogens with one attached hydrogen (secondary N) is 1. The number of likely N-dealkylation sites (tertiary alicyclic amines) is 1. The van der Waals surface area contributed by atoms with E-state index in [4.69, 9.17) is 10.5 Å². The molecule has 35 heavy (non-hydrogen) atoms. The van der Waals surface area contributed by atoms with E-state index < -0.39 is 9.84 Å². The van der Waals surface area contributed by atoms with E-state index in [1.807, 2.05) is 18.2 Å². The number of carbonyl (C=O) groups excluding carboxylic acids is 1. The number of nitrogens with two attached hydrogens (primary N) is 1. The van der Waals surface area contributed by atoms with Gasteiger partial charge in [-0.1, -0.05) is 42.0 Å². The van der Waals surface area contributed by atoms with Crippen molar-refractivity contribution >= 4 is 21.4 Å². The van der Waals surface area contributed by atoms with E-state index >= 15 is 0 Å². The fourth-order valence-electron chi connectivity index (χ4n) is 4.24. The Bertz CT molecular complexity index is 1320. The predicted octanol–water partition coefficient (Wildman–Crippen LogP) is 3.62. The van der Waals surface area contributed by atoms with Crippen LogP contribution in [0, 0.1) is 6.92 Å². The highest BCUT2D eigenvalue weighted by Gasteiger charge is 2.21. The number of anilines is 1. The lowest BCUT2D eigenvalue weighted by Crippen LogP contribution is -2.26. The highest BCUT2D eigenvalue weighted by atomic mass is 32.2. The molecule has 1 heterocycles. The number of ether oxygens (including phenoxy) is 1. The molecule has 8 heteroatoms. The van der Waals surface area contributed by atoms with Gasteiger partial charge in [0.1, 0.15) is 5.75 Å². The van der Waals surface area contributed by atoms with Gasteiger partial charge in [0.2, 0.25) is 0 Å². The molecule has 7 nitrogen and oxygen atoms in total. The lowest BCUT2D eigenvalue weighted by Gasteiger charge is -2.19. The number of hydrogen-bond acceptors (Lipinski definition) is 6. The number of carbonyl (C=O) groups is 1. The standard InChI is InChI=1S/C27H31N3O4S/c1-19-5-3-6-20(13-19)21-9-10-26(22(14-21)16-30-12-11-23(28)17-30)34-18-27(31)29-24-7-4-8-25(15-24)35(2,32)33/h3-10,13-15,23H,11-12,16-18,28H2,1-2H3,(H,29,31)/t23-/m0/s1. The van der Waals surface area contributed by atoms with Crippen molar-refractivity contribution in [2.24, 2.45) is 5.73 Å². The summed E-state index contributed by atoms with van der Waals surface area (Å²) in [6, 6.07) is 20.7. The average molecular weight is 494 g/mol. The molecular formula is C27H31N3O4S. The van der Waals surface area contributed by atoms with Gasteiger partial charge in [0, 0.05) is 43.2 Å². The number of aryl methyl sites for hydroxylation is 1. The highest BCUT2D eigenvalue weighted by Crippen LogP contribution is 2.29. The van der Waals surface area contributed by atoms with Gasteiger partial charge in [0.25, 0.3) is 5.91 Å². The third kappa shape index (κ3) is 6.69. The van der Waals surface area contributed by atoms with Crippen LogP contribution in [0.3, 0.4) is 0 Å². The fraction of sp³-hybridized carbons (Fsp3) is 0.296. The van der Waals surface area contributed by atoms with Crippen molar-refractivity contribution in [3.8, 4) is 16.9 Å². The largest absolute Gasteiger partial charge is 0.483 e. The molecule has 1 fully saturated rings. The molecule has 0 bridgehead atoms. The molecule has 1 aliphatic heterocycles. The van der Waals surface area contributed by atoms with Crippen LogP contribution in [0.5, 0.6) is 5.75 Å². The Morgan fingerprint density at radius 3 is 2.57 bits per heavy atom. The Morgan fingerprint density at radius 1 is 1.09 bits per heavy atom. The molecule has 1 amide bonds. The lowest BCUT2D eigenvalue weighted by molar-refractivity contribution is -0.118. The molecule has 1 atom stereocenters. The minimum atomic E-state index is -3.36. The van der Waals surface area contributed by atoms with E-state index in [2.05, 4.69) is 41.4 Å². The van der Waals surface area contributed by atoms with Crippen LogP contribution in [0.25, 0.3) is 11.1 Å². The Hall–Kier alpha value is -3.20. The molecule has 0 radical (unpaired) electrons. The maximum Gasteiger partial charge on any atom is 0.262 e. The zero-order chi connectivity index (χ0) is 25.0. The van der Waals surface area contributed by atoms with Crippen molar-refractivity contribution in [3.05, 3.63) is 77.9 Å². The van der Waals surface area contributed by atoms with E-state index in [1.165, 1.54) is 17.7 Å². The van der Waals surface area contributed by atoms with Gasteiger partial charge in [-0.05, 0) is 54.8 Å². The van der Waals surface area contributed by atoms with Gasteiger partial charge < -0.3 is 15.8 Å². The summed E-state index contributed by atoms with van der Waals surface area (Å²) in [6.07, 6.45) is 2.09. The molecule has 0 unspecified atom stereocenters. The van der Waals surface area contributed by atoms with Crippen LogP contribution in [-0.2, 0) is 21.2 Å². The van der Waals surface area contributed by atoms with Crippen LogP contribution >= 0.6 is 0 Å². The average Bonchev–Trinajstić information content (AvgIpc) is 3.22. The molecule has 0 spiro atoms. The quantitative estimate of drug-likeness (QED) is 0.497. The first-order valence-electron chi connectivity index (χ1n) is 11.6. The van der Waals surface area contributed by atoms with E-state index in [9.17, 15) is 13.2 Å². The lowest BCUT2D eigenvalue weighted by atomic mass is 10.0. The van der Waals surface area contributed by atoms with Crippen LogP contribution in [0.4, 0.5) is 5.69 Å². The number of sulfone groups is 1. The number of hydrogen-bond donors (Lipinski definition) is 2. The minimum absolute atomic E-state index is 0.147. The van der Waals surface area contributed by atoms with Gasteiger partial charge in [-0.2, -0.15) is 0 Å². The summed E-state index contributed by atoms with van der Waals surface area (Å²) in [7, 11) is -3.36. The van der Waals surface area contributed by atoms with Crippen LogP contribution in [0.2, 0.25) is 0 Å². The third-order valence-electron chi connectivity index (χ3n) is 6.02. The Kier molecular flexibility index (Phi) is 7.54. The number of nitrogens with zero attached hydrogens (tertiary/aromatic N) is 1. The van der Waals surface area contributed by atoms with Crippen LogP contribution in [0.1, 0.15) is 17.5 Å². The molecule has 1 saturated heterocycles. The molecule has 3 N–H and O–H groups in total. The molecule has 0 aliphatic carbocycles. The summed E-state index contributed by atoms with van der Waals surface area (Å²) in [4.78, 5) is 15.0. The van der Waals surface area contributed by atoms with Gasteiger partial charge in [0.15, 0.2) is 16.4 Å². The summed E-state index contributed by atoms with van der Waals surface area (Å²) >= 11 is 0. The van der Waals surface area contributed by atoms with Crippen molar-refractivity contribution in [2.45, 2.75) is 30.8 Å². The van der Waals surface area contributed by atoms with Gasteiger partial charge in [-0.15, -0.1) is 0 Å². The summed E-state index contributed by atoms with van der Waals surface area (Å²) < 4.78 is 29.5. The molecule has 3 aromatic rings. The maximum absolute atomic E-state index is 12.6. The molecule has 1 aliphatic rings. The van der Waals surface area contributed by atoms with E-state index in [-0.39, 0.29) is 23.5 Å². The first-order valence-corrected chi connectivity index (χ1v) is 13.5.